The molecule has 1 fully saturated rings. The van der Waals surface area contributed by atoms with Gasteiger partial charge >= 0.3 is 5.97 Å². The molecular formula is C10H17NO3. The molecule has 2 unspecified atom stereocenters. The molecule has 0 saturated heterocycles. The lowest BCUT2D eigenvalue weighted by atomic mass is 10.1. The Labute approximate surface area is 83.9 Å². The quantitative estimate of drug-likeness (QED) is 0.531. The van der Waals surface area contributed by atoms with Gasteiger partial charge in [0, 0.05) is 5.70 Å². The summed E-state index contributed by atoms with van der Waals surface area (Å²) < 4.78 is 4.70. The predicted octanol–water partition coefficient (Wildman–Crippen LogP) is 1.31. The minimum atomic E-state index is -0.179. The van der Waals surface area contributed by atoms with Crippen molar-refractivity contribution in [3.63, 3.8) is 0 Å². The lowest BCUT2D eigenvalue weighted by molar-refractivity contribution is -0.143. The average molecular weight is 199 g/mol. The van der Waals surface area contributed by atoms with Gasteiger partial charge in [-0.3, -0.25) is 15.5 Å². The van der Waals surface area contributed by atoms with E-state index in [1.165, 1.54) is 7.11 Å². The van der Waals surface area contributed by atoms with E-state index in [2.05, 4.69) is 5.48 Å². The standard InChI is InChI=1S/C10H17NO3/c1-6(11-13)5-7-8(9(12)14-4)10(7,2)3/h5,7-8,11,13H,1-4H3. The Morgan fingerprint density at radius 1 is 1.57 bits per heavy atom. The summed E-state index contributed by atoms with van der Waals surface area (Å²) in [6.07, 6.45) is 1.86. The van der Waals surface area contributed by atoms with Gasteiger partial charge in [0.15, 0.2) is 0 Å². The first kappa shape index (κ1) is 11.0. The summed E-state index contributed by atoms with van der Waals surface area (Å²) in [4.78, 5) is 11.3. The summed E-state index contributed by atoms with van der Waals surface area (Å²) >= 11 is 0. The first-order valence-electron chi connectivity index (χ1n) is 4.61. The average Bonchev–Trinajstić information content (AvgIpc) is 2.67. The van der Waals surface area contributed by atoms with E-state index >= 15 is 0 Å². The van der Waals surface area contributed by atoms with E-state index < -0.39 is 0 Å². The number of nitrogens with one attached hydrogen (secondary N) is 1. The molecule has 1 aliphatic rings. The molecular weight excluding hydrogens is 182 g/mol. The van der Waals surface area contributed by atoms with Gasteiger partial charge in [-0.05, 0) is 18.3 Å². The topological polar surface area (TPSA) is 58.6 Å². The molecule has 2 atom stereocenters. The molecule has 0 aromatic heterocycles. The van der Waals surface area contributed by atoms with E-state index in [9.17, 15) is 4.79 Å². The number of hydrogen-bond acceptors (Lipinski definition) is 4. The monoisotopic (exact) mass is 199 g/mol. The van der Waals surface area contributed by atoms with Gasteiger partial charge in [0.25, 0.3) is 0 Å². The van der Waals surface area contributed by atoms with Crippen LogP contribution in [0, 0.1) is 17.3 Å². The van der Waals surface area contributed by atoms with Crippen LogP contribution in [-0.4, -0.2) is 18.3 Å². The number of methoxy groups -OCH3 is 1. The van der Waals surface area contributed by atoms with Crippen molar-refractivity contribution in [2.75, 3.05) is 7.11 Å². The molecule has 0 radical (unpaired) electrons. The van der Waals surface area contributed by atoms with Crippen LogP contribution in [0.5, 0.6) is 0 Å². The Balaban J connectivity index is 2.71. The van der Waals surface area contributed by atoms with Crippen molar-refractivity contribution in [1.29, 1.82) is 0 Å². The number of allylic oxidation sites excluding steroid dienone is 2. The first-order valence-corrected chi connectivity index (χ1v) is 4.61. The van der Waals surface area contributed by atoms with Crippen molar-refractivity contribution in [2.45, 2.75) is 20.8 Å². The molecule has 0 aromatic carbocycles. The van der Waals surface area contributed by atoms with Crippen molar-refractivity contribution in [3.8, 4) is 0 Å². The van der Waals surface area contributed by atoms with Crippen molar-refractivity contribution in [3.05, 3.63) is 11.8 Å². The van der Waals surface area contributed by atoms with E-state index in [0.717, 1.165) is 0 Å². The highest BCUT2D eigenvalue weighted by Gasteiger charge is 2.61. The summed E-state index contributed by atoms with van der Waals surface area (Å²) in [5.74, 6) is -0.118. The molecule has 1 saturated carbocycles. The maximum Gasteiger partial charge on any atom is 0.309 e. The van der Waals surface area contributed by atoms with Crippen LogP contribution in [0.15, 0.2) is 11.8 Å². The van der Waals surface area contributed by atoms with Crippen molar-refractivity contribution >= 4 is 5.97 Å². The normalized spacial score (nSPS) is 29.6. The van der Waals surface area contributed by atoms with E-state index in [1.54, 1.807) is 6.92 Å². The van der Waals surface area contributed by atoms with Crippen LogP contribution in [0.25, 0.3) is 0 Å². The second kappa shape index (κ2) is 3.61. The molecule has 14 heavy (non-hydrogen) atoms. The second-order valence-corrected chi connectivity index (χ2v) is 4.31. The minimum Gasteiger partial charge on any atom is -0.469 e. The Hall–Kier alpha value is -1.03. The van der Waals surface area contributed by atoms with E-state index in [4.69, 9.17) is 9.94 Å². The molecule has 4 nitrogen and oxygen atoms in total. The lowest BCUT2D eigenvalue weighted by Crippen LogP contribution is -2.07. The number of carbonyl (C=O) groups excluding carboxylic acids is 1. The number of carbonyl (C=O) groups is 1. The minimum absolute atomic E-state index is 0.0643. The van der Waals surface area contributed by atoms with E-state index in [0.29, 0.717) is 5.70 Å². The largest absolute Gasteiger partial charge is 0.469 e. The zero-order chi connectivity index (χ0) is 10.9. The van der Waals surface area contributed by atoms with Gasteiger partial charge in [-0.1, -0.05) is 19.9 Å². The van der Waals surface area contributed by atoms with E-state index in [-0.39, 0.29) is 23.2 Å². The van der Waals surface area contributed by atoms with Gasteiger partial charge in [-0.15, -0.1) is 0 Å². The smallest absolute Gasteiger partial charge is 0.309 e. The summed E-state index contributed by atoms with van der Waals surface area (Å²) in [6.45, 7) is 5.78. The van der Waals surface area contributed by atoms with Crippen LogP contribution >= 0.6 is 0 Å². The maximum atomic E-state index is 11.3. The van der Waals surface area contributed by atoms with Gasteiger partial charge in [-0.2, -0.15) is 0 Å². The molecule has 1 rings (SSSR count). The summed E-state index contributed by atoms with van der Waals surface area (Å²) in [5, 5.41) is 8.63. The fourth-order valence-corrected chi connectivity index (χ4v) is 1.87. The van der Waals surface area contributed by atoms with Crippen LogP contribution in [0.3, 0.4) is 0 Å². The van der Waals surface area contributed by atoms with Crippen LogP contribution in [0.1, 0.15) is 20.8 Å². The van der Waals surface area contributed by atoms with Crippen LogP contribution < -0.4 is 5.48 Å². The predicted molar refractivity (Wildman–Crippen MR) is 51.5 cm³/mol. The number of hydrogen-bond donors (Lipinski definition) is 2. The highest BCUT2D eigenvalue weighted by molar-refractivity contribution is 5.78. The fraction of sp³-hybridized carbons (Fsp3) is 0.700. The zero-order valence-corrected chi connectivity index (χ0v) is 9.00. The molecule has 0 aromatic rings. The second-order valence-electron chi connectivity index (χ2n) is 4.31. The Kier molecular flexibility index (Phi) is 2.85. The third-order valence-corrected chi connectivity index (χ3v) is 2.97. The van der Waals surface area contributed by atoms with Crippen molar-refractivity contribution in [1.82, 2.24) is 5.48 Å². The third kappa shape index (κ3) is 1.75. The van der Waals surface area contributed by atoms with Gasteiger partial charge in [-0.25, -0.2) is 0 Å². The van der Waals surface area contributed by atoms with Crippen molar-refractivity contribution < 1.29 is 14.7 Å². The number of esters is 1. The number of ether oxygens (including phenoxy) is 1. The maximum absolute atomic E-state index is 11.3. The highest BCUT2D eigenvalue weighted by Crippen LogP contribution is 2.59. The van der Waals surface area contributed by atoms with Crippen molar-refractivity contribution in [2.24, 2.45) is 17.3 Å². The molecule has 0 heterocycles. The SMILES string of the molecule is COC(=O)C1C(C=C(C)NO)C1(C)C. The summed E-state index contributed by atoms with van der Waals surface area (Å²) in [7, 11) is 1.40. The molecule has 0 aliphatic heterocycles. The van der Waals surface area contributed by atoms with E-state index in [1.807, 2.05) is 19.9 Å². The van der Waals surface area contributed by atoms with Crippen LogP contribution in [0.2, 0.25) is 0 Å². The molecule has 0 amide bonds. The molecule has 0 spiro atoms. The first-order chi connectivity index (χ1) is 6.45. The van der Waals surface area contributed by atoms with Gasteiger partial charge < -0.3 is 4.74 Å². The Morgan fingerprint density at radius 3 is 2.57 bits per heavy atom. The van der Waals surface area contributed by atoms with Crippen LogP contribution in [-0.2, 0) is 9.53 Å². The molecule has 0 bridgehead atoms. The number of hydroxylamine groups is 1. The summed E-state index contributed by atoms with van der Waals surface area (Å²) in [6, 6.07) is 0. The fourth-order valence-electron chi connectivity index (χ4n) is 1.87. The summed E-state index contributed by atoms with van der Waals surface area (Å²) in [5.41, 5.74) is 2.66. The lowest BCUT2D eigenvalue weighted by Gasteiger charge is -1.99. The third-order valence-electron chi connectivity index (χ3n) is 2.97. The van der Waals surface area contributed by atoms with Gasteiger partial charge in [0.05, 0.1) is 13.0 Å². The molecule has 1 aliphatic carbocycles. The number of rotatable bonds is 3. The van der Waals surface area contributed by atoms with Gasteiger partial charge in [0.2, 0.25) is 0 Å². The molecule has 2 N–H and O–H groups in total. The Morgan fingerprint density at radius 2 is 2.14 bits per heavy atom. The Bertz CT molecular complexity index is 271. The van der Waals surface area contributed by atoms with Crippen LogP contribution in [0.4, 0.5) is 0 Å². The molecule has 4 heteroatoms. The molecule has 80 valence electrons. The zero-order valence-electron chi connectivity index (χ0n) is 9.00. The highest BCUT2D eigenvalue weighted by atomic mass is 16.5. The van der Waals surface area contributed by atoms with Gasteiger partial charge in [0.1, 0.15) is 0 Å².